The molecular weight excluding hydrogens is 386 g/mol. The molecule has 5 heteroatoms. The number of hydrogen-bond donors (Lipinski definition) is 3. The van der Waals surface area contributed by atoms with Crippen LogP contribution in [0.3, 0.4) is 0 Å². The summed E-state index contributed by atoms with van der Waals surface area (Å²) in [6.07, 6.45) is 2.02. The number of halogens is 1. The van der Waals surface area contributed by atoms with E-state index < -0.39 is 0 Å². The minimum Gasteiger partial charge on any atom is -0.504 e. The smallest absolute Gasteiger partial charge is 0.157 e. The Hall–Kier alpha value is -1.04. The summed E-state index contributed by atoms with van der Waals surface area (Å²) < 4.78 is 0. The van der Waals surface area contributed by atoms with E-state index >= 15 is 0 Å². The summed E-state index contributed by atoms with van der Waals surface area (Å²) in [6, 6.07) is 6.28. The Morgan fingerprint density at radius 3 is 2.50 bits per heavy atom. The van der Waals surface area contributed by atoms with E-state index in [1.165, 1.54) is 26.4 Å². The van der Waals surface area contributed by atoms with Gasteiger partial charge in [-0.25, -0.2) is 0 Å². The summed E-state index contributed by atoms with van der Waals surface area (Å²) >= 11 is 1.92. The summed E-state index contributed by atoms with van der Waals surface area (Å²) in [5.74, 6) is 0.270. The van der Waals surface area contributed by atoms with E-state index in [2.05, 4.69) is 32.2 Å². The molecule has 2 aliphatic rings. The van der Waals surface area contributed by atoms with Gasteiger partial charge in [0.25, 0.3) is 0 Å². The van der Waals surface area contributed by atoms with Crippen molar-refractivity contribution in [2.24, 2.45) is 0 Å². The highest BCUT2D eigenvalue weighted by Gasteiger charge is 2.37. The molecule has 24 heavy (non-hydrogen) atoms. The molecule has 3 nitrogen and oxygen atoms in total. The zero-order valence-corrected chi connectivity index (χ0v) is 16.7. The highest BCUT2D eigenvalue weighted by atomic mass is 79.9. The van der Waals surface area contributed by atoms with Crippen LogP contribution >= 0.6 is 28.3 Å². The number of rotatable bonds is 0. The van der Waals surface area contributed by atoms with Crippen LogP contribution in [-0.4, -0.2) is 16.3 Å². The number of phenolic OH excluding ortho intramolecular Hbond substituents is 2. The van der Waals surface area contributed by atoms with Crippen LogP contribution in [0.5, 0.6) is 11.5 Å². The average molecular weight is 410 g/mol. The molecule has 1 aromatic heterocycles. The third-order valence-electron chi connectivity index (χ3n) is 5.12. The second-order valence-electron chi connectivity index (χ2n) is 7.79. The lowest BCUT2D eigenvalue weighted by molar-refractivity contribution is 0.383. The molecule has 3 N–H and O–H groups in total. The van der Waals surface area contributed by atoms with Crippen molar-refractivity contribution in [3.8, 4) is 11.5 Å². The van der Waals surface area contributed by atoms with E-state index in [9.17, 15) is 10.2 Å². The van der Waals surface area contributed by atoms with E-state index in [-0.39, 0.29) is 39.8 Å². The Kier molecular flexibility index (Phi) is 4.47. The number of benzene rings is 1. The normalized spacial score (nSPS) is 22.1. The van der Waals surface area contributed by atoms with Gasteiger partial charge in [-0.05, 0) is 53.1 Å². The Balaban J connectivity index is 0.00000169. The first kappa shape index (κ1) is 17.8. The lowest BCUT2D eigenvalue weighted by atomic mass is 9.75. The maximum absolute atomic E-state index is 9.98. The molecule has 0 saturated heterocycles. The predicted molar refractivity (Wildman–Crippen MR) is 104 cm³/mol. The van der Waals surface area contributed by atoms with Gasteiger partial charge in [-0.15, -0.1) is 28.3 Å². The highest BCUT2D eigenvalue weighted by molar-refractivity contribution is 8.93. The second-order valence-corrected chi connectivity index (χ2v) is 8.88. The molecule has 0 amide bonds. The quantitative estimate of drug-likeness (QED) is 0.557. The Bertz CT molecular complexity index is 778. The molecule has 2 atom stereocenters. The molecule has 4 rings (SSSR count). The van der Waals surface area contributed by atoms with Crippen molar-refractivity contribution in [2.75, 3.05) is 0 Å². The van der Waals surface area contributed by atoms with Crippen LogP contribution in [0.25, 0.3) is 0 Å². The zero-order valence-electron chi connectivity index (χ0n) is 14.2. The summed E-state index contributed by atoms with van der Waals surface area (Å²) in [6.45, 7) is 7.71. The Morgan fingerprint density at radius 1 is 1.08 bits per heavy atom. The van der Waals surface area contributed by atoms with Crippen LogP contribution in [0.15, 0.2) is 18.2 Å². The van der Waals surface area contributed by atoms with Gasteiger partial charge in [-0.2, -0.15) is 0 Å². The van der Waals surface area contributed by atoms with Crippen LogP contribution in [0.1, 0.15) is 59.6 Å². The number of aryl methyl sites for hydroxylation is 1. The maximum Gasteiger partial charge on any atom is 0.157 e. The zero-order chi connectivity index (χ0) is 16.4. The summed E-state index contributed by atoms with van der Waals surface area (Å²) in [7, 11) is 0. The van der Waals surface area contributed by atoms with Crippen LogP contribution < -0.4 is 5.32 Å². The van der Waals surface area contributed by atoms with E-state index in [1.807, 2.05) is 11.3 Å². The molecule has 0 saturated carbocycles. The van der Waals surface area contributed by atoms with Crippen LogP contribution in [0.2, 0.25) is 0 Å². The standard InChI is InChI=1S/C19H23NO2S.BrH/c1-19(2,3)16-7-11-9-20-13-5-4-10-6-14(21)15(22)8-12(10)17(13)18(11)23-16;/h6-8,13,17,20-22H,4-5,9H2,1-3H3;1H. The Labute approximate surface area is 157 Å². The number of aromatic hydroxyl groups is 2. The van der Waals surface area contributed by atoms with Crippen molar-refractivity contribution in [3.05, 3.63) is 44.6 Å². The predicted octanol–water partition coefficient (Wildman–Crippen LogP) is 4.58. The largest absolute Gasteiger partial charge is 0.504 e. The van der Waals surface area contributed by atoms with Gasteiger partial charge in [0.05, 0.1) is 0 Å². The molecule has 2 heterocycles. The molecule has 1 aliphatic carbocycles. The molecule has 130 valence electrons. The van der Waals surface area contributed by atoms with E-state index in [0.29, 0.717) is 6.04 Å². The van der Waals surface area contributed by atoms with E-state index in [1.54, 1.807) is 12.1 Å². The molecule has 1 aromatic carbocycles. The third kappa shape index (κ3) is 2.76. The average Bonchev–Trinajstić information content (AvgIpc) is 2.92. The van der Waals surface area contributed by atoms with Gasteiger partial charge in [0, 0.05) is 28.3 Å². The molecule has 2 unspecified atom stereocenters. The third-order valence-corrected chi connectivity index (χ3v) is 6.80. The molecule has 0 spiro atoms. The molecule has 0 bridgehead atoms. The van der Waals surface area contributed by atoms with Gasteiger partial charge in [-0.3, -0.25) is 0 Å². The van der Waals surface area contributed by atoms with E-state index in [4.69, 9.17) is 0 Å². The first-order chi connectivity index (χ1) is 10.8. The van der Waals surface area contributed by atoms with Crippen LogP contribution in [0.4, 0.5) is 0 Å². The fraction of sp³-hybridized carbons (Fsp3) is 0.474. The van der Waals surface area contributed by atoms with Gasteiger partial charge >= 0.3 is 0 Å². The van der Waals surface area contributed by atoms with Crippen molar-refractivity contribution < 1.29 is 10.2 Å². The molecule has 1 aliphatic heterocycles. The van der Waals surface area contributed by atoms with Crippen LogP contribution in [-0.2, 0) is 18.4 Å². The molecule has 0 radical (unpaired) electrons. The number of hydrogen-bond acceptors (Lipinski definition) is 4. The van der Waals surface area contributed by atoms with Crippen molar-refractivity contribution in [3.63, 3.8) is 0 Å². The first-order valence-electron chi connectivity index (χ1n) is 8.26. The second kappa shape index (κ2) is 6.04. The van der Waals surface area contributed by atoms with Crippen molar-refractivity contribution in [2.45, 2.75) is 57.5 Å². The molecular formula is C19H24BrNO2S. The van der Waals surface area contributed by atoms with Gasteiger partial charge in [0.2, 0.25) is 0 Å². The minimum atomic E-state index is -0.0101. The van der Waals surface area contributed by atoms with Crippen LogP contribution in [0, 0.1) is 0 Å². The van der Waals surface area contributed by atoms with Crippen molar-refractivity contribution in [1.29, 1.82) is 0 Å². The molecule has 0 fully saturated rings. The summed E-state index contributed by atoms with van der Waals surface area (Å²) in [5.41, 5.74) is 3.89. The number of thiophene rings is 1. The number of nitrogens with one attached hydrogen (secondary N) is 1. The lowest BCUT2D eigenvalue weighted by Crippen LogP contribution is -2.41. The van der Waals surface area contributed by atoms with Crippen molar-refractivity contribution >= 4 is 28.3 Å². The van der Waals surface area contributed by atoms with Gasteiger partial charge < -0.3 is 15.5 Å². The van der Waals surface area contributed by atoms with Gasteiger partial charge in [0.15, 0.2) is 11.5 Å². The van der Waals surface area contributed by atoms with Gasteiger partial charge in [-0.1, -0.05) is 20.8 Å². The summed E-state index contributed by atoms with van der Waals surface area (Å²) in [4.78, 5) is 2.85. The maximum atomic E-state index is 9.98. The molecule has 2 aromatic rings. The van der Waals surface area contributed by atoms with Crippen molar-refractivity contribution in [1.82, 2.24) is 5.32 Å². The minimum absolute atomic E-state index is 0. The fourth-order valence-corrected chi connectivity index (χ4v) is 5.26. The SMILES string of the molecule is Br.CC(C)(C)c1cc2c(s1)C1c3cc(O)c(O)cc3CCC1NC2. The number of fused-ring (bicyclic) bond motifs is 5. The lowest BCUT2D eigenvalue weighted by Gasteiger charge is -2.38. The highest BCUT2D eigenvalue weighted by Crippen LogP contribution is 2.48. The number of phenols is 2. The summed E-state index contributed by atoms with van der Waals surface area (Å²) in [5, 5.41) is 23.5. The van der Waals surface area contributed by atoms with Gasteiger partial charge in [0.1, 0.15) is 0 Å². The monoisotopic (exact) mass is 409 g/mol. The Morgan fingerprint density at radius 2 is 1.79 bits per heavy atom. The first-order valence-corrected chi connectivity index (χ1v) is 9.07. The van der Waals surface area contributed by atoms with E-state index in [0.717, 1.165) is 19.4 Å². The fourth-order valence-electron chi connectivity index (χ4n) is 3.84. The topological polar surface area (TPSA) is 52.5 Å².